The number of nitrogens with zero attached hydrogens (tertiary/aromatic N) is 2. The zero-order valence-electron chi connectivity index (χ0n) is 9.80. The summed E-state index contributed by atoms with van der Waals surface area (Å²) in [7, 11) is 0. The Morgan fingerprint density at radius 2 is 2.10 bits per heavy atom. The predicted octanol–water partition coefficient (Wildman–Crippen LogP) is 2.84. The molecule has 0 fully saturated rings. The molecule has 0 atom stereocenters. The van der Waals surface area contributed by atoms with Crippen LogP contribution in [0.5, 0.6) is 0 Å². The zero-order chi connectivity index (χ0) is 14.7. The second-order valence-corrected chi connectivity index (χ2v) is 4.93. The van der Waals surface area contributed by atoms with Gasteiger partial charge < -0.3 is 10.4 Å². The highest BCUT2D eigenvalue weighted by molar-refractivity contribution is 9.10. The van der Waals surface area contributed by atoms with Crippen molar-refractivity contribution in [3.05, 3.63) is 51.3 Å². The van der Waals surface area contributed by atoms with E-state index in [4.69, 9.17) is 16.7 Å². The van der Waals surface area contributed by atoms with E-state index < -0.39 is 11.9 Å². The van der Waals surface area contributed by atoms with E-state index in [0.717, 1.165) is 0 Å². The Morgan fingerprint density at radius 1 is 1.35 bits per heavy atom. The molecule has 0 aromatic carbocycles. The number of halogens is 2. The van der Waals surface area contributed by atoms with Crippen LogP contribution >= 0.6 is 27.5 Å². The minimum atomic E-state index is -1.18. The molecule has 2 aromatic heterocycles. The first kappa shape index (κ1) is 14.4. The average Bonchev–Trinajstić information content (AvgIpc) is 2.41. The number of pyridine rings is 2. The fourth-order valence-corrected chi connectivity index (χ4v) is 1.91. The molecule has 0 saturated carbocycles. The van der Waals surface area contributed by atoms with E-state index in [9.17, 15) is 9.59 Å². The van der Waals surface area contributed by atoms with Gasteiger partial charge in [0, 0.05) is 10.7 Å². The van der Waals surface area contributed by atoms with Crippen LogP contribution in [0.4, 0.5) is 5.82 Å². The molecule has 0 radical (unpaired) electrons. The van der Waals surface area contributed by atoms with Gasteiger partial charge in [-0.05, 0) is 34.1 Å². The Morgan fingerprint density at radius 3 is 2.80 bits per heavy atom. The maximum absolute atomic E-state index is 12.0. The van der Waals surface area contributed by atoms with Gasteiger partial charge in [0.2, 0.25) is 0 Å². The molecule has 20 heavy (non-hydrogen) atoms. The lowest BCUT2D eigenvalue weighted by atomic mass is 10.2. The van der Waals surface area contributed by atoms with Gasteiger partial charge in [0.25, 0.3) is 5.91 Å². The van der Waals surface area contributed by atoms with Crippen LogP contribution in [0.25, 0.3) is 0 Å². The zero-order valence-corrected chi connectivity index (χ0v) is 12.1. The van der Waals surface area contributed by atoms with Crippen molar-refractivity contribution < 1.29 is 14.7 Å². The van der Waals surface area contributed by atoms with Crippen LogP contribution in [0.15, 0.2) is 34.9 Å². The molecular formula is C12H7BrClN3O3. The second-order valence-electron chi connectivity index (χ2n) is 3.66. The largest absolute Gasteiger partial charge is 0.477 e. The third-order valence-electron chi connectivity index (χ3n) is 2.26. The molecule has 0 aliphatic rings. The summed E-state index contributed by atoms with van der Waals surface area (Å²) in [6.45, 7) is 0. The van der Waals surface area contributed by atoms with E-state index in [0.29, 0.717) is 4.47 Å². The van der Waals surface area contributed by atoms with Crippen molar-refractivity contribution >= 4 is 45.2 Å². The van der Waals surface area contributed by atoms with Crippen LogP contribution < -0.4 is 5.32 Å². The van der Waals surface area contributed by atoms with Gasteiger partial charge in [-0.2, -0.15) is 0 Å². The Hall–Kier alpha value is -1.99. The Bertz CT molecular complexity index is 693. The van der Waals surface area contributed by atoms with Gasteiger partial charge in [-0.3, -0.25) is 4.79 Å². The van der Waals surface area contributed by atoms with Crippen molar-refractivity contribution in [2.75, 3.05) is 5.32 Å². The van der Waals surface area contributed by atoms with Crippen molar-refractivity contribution in [1.82, 2.24) is 9.97 Å². The Kier molecular flexibility index (Phi) is 4.31. The topological polar surface area (TPSA) is 92.2 Å². The lowest BCUT2D eigenvalue weighted by molar-refractivity contribution is 0.0690. The molecule has 2 rings (SSSR count). The minimum Gasteiger partial charge on any atom is -0.477 e. The molecule has 102 valence electrons. The first-order valence-electron chi connectivity index (χ1n) is 5.30. The first-order chi connectivity index (χ1) is 9.47. The number of carbonyl (C=O) groups is 2. The number of anilines is 1. The molecule has 6 nitrogen and oxygen atoms in total. The number of carbonyl (C=O) groups excluding carboxylic acids is 1. The normalized spacial score (nSPS) is 10.1. The van der Waals surface area contributed by atoms with Gasteiger partial charge in [0.1, 0.15) is 11.0 Å². The van der Waals surface area contributed by atoms with E-state index in [-0.39, 0.29) is 22.2 Å². The highest BCUT2D eigenvalue weighted by Gasteiger charge is 2.14. The highest BCUT2D eigenvalue weighted by Crippen LogP contribution is 2.19. The molecule has 0 aliphatic carbocycles. The lowest BCUT2D eigenvalue weighted by Crippen LogP contribution is -2.15. The van der Waals surface area contributed by atoms with Gasteiger partial charge in [0.15, 0.2) is 5.69 Å². The van der Waals surface area contributed by atoms with Gasteiger partial charge in [-0.25, -0.2) is 14.8 Å². The van der Waals surface area contributed by atoms with Gasteiger partial charge in [0.05, 0.1) is 5.56 Å². The monoisotopic (exact) mass is 355 g/mol. The summed E-state index contributed by atoms with van der Waals surface area (Å²) < 4.78 is 0.597. The second kappa shape index (κ2) is 5.98. The van der Waals surface area contributed by atoms with E-state index in [1.807, 2.05) is 0 Å². The third kappa shape index (κ3) is 3.31. The molecule has 2 heterocycles. The number of hydrogen-bond donors (Lipinski definition) is 2. The molecule has 2 aromatic rings. The summed E-state index contributed by atoms with van der Waals surface area (Å²) in [5, 5.41) is 11.3. The molecule has 0 saturated heterocycles. The SMILES string of the molecule is O=C(O)c1cccc(NC(=O)c2cc(Br)cnc2Cl)n1. The molecule has 0 spiro atoms. The van der Waals surface area contributed by atoms with Gasteiger partial charge >= 0.3 is 5.97 Å². The average molecular weight is 357 g/mol. The van der Waals surface area contributed by atoms with Gasteiger partial charge in [-0.1, -0.05) is 17.7 Å². The third-order valence-corrected chi connectivity index (χ3v) is 2.99. The Balaban J connectivity index is 2.25. The fourth-order valence-electron chi connectivity index (χ4n) is 1.39. The Labute approximate surface area is 126 Å². The maximum atomic E-state index is 12.0. The maximum Gasteiger partial charge on any atom is 0.354 e. The number of nitrogens with one attached hydrogen (secondary N) is 1. The molecule has 1 amide bonds. The number of aromatic nitrogens is 2. The molecule has 0 unspecified atom stereocenters. The molecule has 8 heteroatoms. The number of carboxylic acid groups (broad SMARTS) is 1. The van der Waals surface area contributed by atoms with E-state index in [1.165, 1.54) is 30.5 Å². The van der Waals surface area contributed by atoms with Crippen molar-refractivity contribution in [1.29, 1.82) is 0 Å². The van der Waals surface area contributed by atoms with Crippen molar-refractivity contribution in [2.45, 2.75) is 0 Å². The predicted molar refractivity (Wildman–Crippen MR) is 76.1 cm³/mol. The van der Waals surface area contributed by atoms with Gasteiger partial charge in [-0.15, -0.1) is 0 Å². The smallest absolute Gasteiger partial charge is 0.354 e. The van der Waals surface area contributed by atoms with Crippen LogP contribution in [0, 0.1) is 0 Å². The molecule has 0 aliphatic heterocycles. The summed E-state index contributed by atoms with van der Waals surface area (Å²) in [4.78, 5) is 30.4. The van der Waals surface area contributed by atoms with E-state index in [2.05, 4.69) is 31.2 Å². The summed E-state index contributed by atoms with van der Waals surface area (Å²) in [5.41, 5.74) is -0.00941. The number of aromatic carboxylic acids is 1. The molecule has 0 bridgehead atoms. The molecular weight excluding hydrogens is 350 g/mol. The fraction of sp³-hybridized carbons (Fsp3) is 0. The van der Waals surface area contributed by atoms with Crippen molar-refractivity contribution in [3.63, 3.8) is 0 Å². The van der Waals surface area contributed by atoms with Crippen LogP contribution in [-0.4, -0.2) is 27.0 Å². The number of rotatable bonds is 3. The number of hydrogen-bond acceptors (Lipinski definition) is 4. The summed E-state index contributed by atoms with van der Waals surface area (Å²) in [5.74, 6) is -1.59. The van der Waals surface area contributed by atoms with Crippen LogP contribution in [0.1, 0.15) is 20.8 Å². The highest BCUT2D eigenvalue weighted by atomic mass is 79.9. The van der Waals surface area contributed by atoms with Crippen LogP contribution in [-0.2, 0) is 0 Å². The van der Waals surface area contributed by atoms with Crippen LogP contribution in [0.3, 0.4) is 0 Å². The van der Waals surface area contributed by atoms with Crippen LogP contribution in [0.2, 0.25) is 5.15 Å². The molecule has 2 N–H and O–H groups in total. The quantitative estimate of drug-likeness (QED) is 0.825. The first-order valence-corrected chi connectivity index (χ1v) is 6.47. The summed E-state index contributed by atoms with van der Waals surface area (Å²) >= 11 is 9.02. The van der Waals surface area contributed by atoms with E-state index >= 15 is 0 Å². The number of amides is 1. The standard InChI is InChI=1S/C12H7BrClN3O3/c13-6-4-7(10(14)15-5-6)11(18)17-9-3-1-2-8(16-9)12(19)20/h1-5H,(H,19,20)(H,16,17,18). The van der Waals surface area contributed by atoms with Crippen molar-refractivity contribution in [2.24, 2.45) is 0 Å². The summed E-state index contributed by atoms with van der Waals surface area (Å²) in [6.07, 6.45) is 1.46. The minimum absolute atomic E-state index is 0.0417. The number of carboxylic acids is 1. The van der Waals surface area contributed by atoms with E-state index in [1.54, 1.807) is 0 Å². The summed E-state index contributed by atoms with van der Waals surface area (Å²) in [6, 6.07) is 5.79. The van der Waals surface area contributed by atoms with Crippen molar-refractivity contribution in [3.8, 4) is 0 Å². The lowest BCUT2D eigenvalue weighted by Gasteiger charge is -2.06.